The van der Waals surface area contributed by atoms with Gasteiger partial charge in [0.05, 0.1) is 5.69 Å². The summed E-state index contributed by atoms with van der Waals surface area (Å²) in [4.78, 5) is 23.7. The molecule has 1 N–H and O–H groups in total. The van der Waals surface area contributed by atoms with Crippen molar-refractivity contribution in [2.24, 2.45) is 0 Å². The van der Waals surface area contributed by atoms with Crippen LogP contribution in [0, 0.1) is 0 Å². The zero-order chi connectivity index (χ0) is 17.3. The monoisotopic (exact) mass is 342 g/mol. The summed E-state index contributed by atoms with van der Waals surface area (Å²) in [6.45, 7) is 2.71. The van der Waals surface area contributed by atoms with E-state index < -0.39 is 0 Å². The van der Waals surface area contributed by atoms with Crippen molar-refractivity contribution in [3.63, 3.8) is 0 Å². The predicted molar refractivity (Wildman–Crippen MR) is 99.2 cm³/mol. The molecule has 0 amide bonds. The van der Waals surface area contributed by atoms with E-state index in [2.05, 4.69) is 37.1 Å². The predicted octanol–water partition coefficient (Wildman–Crippen LogP) is 2.97. The first-order chi connectivity index (χ1) is 12.9. The van der Waals surface area contributed by atoms with Crippen molar-refractivity contribution in [1.82, 2.24) is 29.8 Å². The lowest BCUT2D eigenvalue weighted by Gasteiger charge is -2.27. The van der Waals surface area contributed by atoms with Crippen molar-refractivity contribution in [2.75, 3.05) is 6.54 Å². The van der Waals surface area contributed by atoms with Crippen LogP contribution in [0.2, 0.25) is 0 Å². The Morgan fingerprint density at radius 3 is 2.92 bits per heavy atom. The van der Waals surface area contributed by atoms with E-state index in [9.17, 15) is 0 Å². The lowest BCUT2D eigenvalue weighted by Crippen LogP contribution is -2.31. The third-order valence-corrected chi connectivity index (χ3v) is 4.85. The highest BCUT2D eigenvalue weighted by molar-refractivity contribution is 5.79. The molecule has 26 heavy (non-hydrogen) atoms. The SMILES string of the molecule is c1ccc(-c2ncc3c(n2)CN(Cc2c[nH]c4ncccc24)CC3)nc1. The van der Waals surface area contributed by atoms with Crippen LogP contribution < -0.4 is 0 Å². The Hall–Kier alpha value is -3.12. The maximum absolute atomic E-state index is 4.79. The molecule has 0 bridgehead atoms. The molecule has 0 radical (unpaired) electrons. The molecular formula is C20H18N6. The number of H-pyrrole nitrogens is 1. The van der Waals surface area contributed by atoms with Gasteiger partial charge in [-0.05, 0) is 41.8 Å². The Balaban J connectivity index is 1.40. The smallest absolute Gasteiger partial charge is 0.178 e. The van der Waals surface area contributed by atoms with Gasteiger partial charge in [-0.2, -0.15) is 0 Å². The molecule has 4 aromatic heterocycles. The largest absolute Gasteiger partial charge is 0.346 e. The second-order valence-corrected chi connectivity index (χ2v) is 6.55. The van der Waals surface area contributed by atoms with Crippen molar-refractivity contribution >= 4 is 11.0 Å². The van der Waals surface area contributed by atoms with Gasteiger partial charge in [-0.25, -0.2) is 15.0 Å². The Kier molecular flexibility index (Phi) is 3.68. The molecule has 0 saturated heterocycles. The summed E-state index contributed by atoms with van der Waals surface area (Å²) < 4.78 is 0. The van der Waals surface area contributed by atoms with Gasteiger partial charge in [0, 0.05) is 49.8 Å². The average molecular weight is 342 g/mol. The number of aromatic amines is 1. The quantitative estimate of drug-likeness (QED) is 0.620. The maximum Gasteiger partial charge on any atom is 0.178 e. The van der Waals surface area contributed by atoms with Crippen molar-refractivity contribution in [2.45, 2.75) is 19.5 Å². The number of rotatable bonds is 3. The van der Waals surface area contributed by atoms with E-state index in [0.717, 1.165) is 43.1 Å². The Morgan fingerprint density at radius 1 is 1.04 bits per heavy atom. The Labute approximate surface area is 151 Å². The molecule has 1 aliphatic rings. The fourth-order valence-corrected chi connectivity index (χ4v) is 3.50. The molecule has 6 nitrogen and oxygen atoms in total. The highest BCUT2D eigenvalue weighted by atomic mass is 15.1. The first kappa shape index (κ1) is 15.2. The van der Waals surface area contributed by atoms with Crippen molar-refractivity contribution in [1.29, 1.82) is 0 Å². The molecule has 0 spiro atoms. The molecule has 5 rings (SSSR count). The van der Waals surface area contributed by atoms with E-state index in [-0.39, 0.29) is 0 Å². The zero-order valence-electron chi connectivity index (χ0n) is 14.3. The molecule has 128 valence electrons. The number of fused-ring (bicyclic) bond motifs is 2. The van der Waals surface area contributed by atoms with Crippen LogP contribution in [0.4, 0.5) is 0 Å². The van der Waals surface area contributed by atoms with Crippen LogP contribution in [0.3, 0.4) is 0 Å². The third-order valence-electron chi connectivity index (χ3n) is 4.85. The maximum atomic E-state index is 4.79. The summed E-state index contributed by atoms with van der Waals surface area (Å²) in [6.07, 6.45) is 8.58. The summed E-state index contributed by atoms with van der Waals surface area (Å²) in [5.41, 5.74) is 5.37. The standard InChI is InChI=1S/C20H18N6/c1-2-7-21-17(5-1)20-24-10-14-6-9-26(13-18(14)25-20)12-15-11-23-19-16(15)4-3-8-22-19/h1-5,7-8,10-11H,6,9,12-13H2,(H,22,23). The highest BCUT2D eigenvalue weighted by Crippen LogP contribution is 2.23. The lowest BCUT2D eigenvalue weighted by molar-refractivity contribution is 0.242. The molecule has 6 heteroatoms. The van der Waals surface area contributed by atoms with Gasteiger partial charge in [-0.15, -0.1) is 0 Å². The van der Waals surface area contributed by atoms with Crippen molar-refractivity contribution in [3.8, 4) is 11.5 Å². The summed E-state index contributed by atoms with van der Waals surface area (Å²) in [5.74, 6) is 0.697. The number of nitrogens with zero attached hydrogens (tertiary/aromatic N) is 5. The Bertz CT molecular complexity index is 1060. The zero-order valence-corrected chi connectivity index (χ0v) is 14.3. The first-order valence-corrected chi connectivity index (χ1v) is 8.76. The minimum atomic E-state index is 0.697. The second-order valence-electron chi connectivity index (χ2n) is 6.55. The fourth-order valence-electron chi connectivity index (χ4n) is 3.50. The van der Waals surface area contributed by atoms with Gasteiger partial charge in [0.2, 0.25) is 0 Å². The van der Waals surface area contributed by atoms with E-state index in [1.54, 1.807) is 6.20 Å². The fraction of sp³-hybridized carbons (Fsp3) is 0.200. The molecule has 0 aromatic carbocycles. The first-order valence-electron chi connectivity index (χ1n) is 8.76. The minimum Gasteiger partial charge on any atom is -0.346 e. The summed E-state index contributed by atoms with van der Waals surface area (Å²) in [5, 5.41) is 1.19. The van der Waals surface area contributed by atoms with E-state index in [1.165, 1.54) is 16.5 Å². The van der Waals surface area contributed by atoms with Crippen LogP contribution in [0.25, 0.3) is 22.6 Å². The minimum absolute atomic E-state index is 0.697. The Morgan fingerprint density at radius 2 is 2.00 bits per heavy atom. The van der Waals surface area contributed by atoms with Crippen LogP contribution >= 0.6 is 0 Å². The molecule has 4 aromatic rings. The number of aromatic nitrogens is 5. The van der Waals surface area contributed by atoms with Gasteiger partial charge >= 0.3 is 0 Å². The number of nitrogens with one attached hydrogen (secondary N) is 1. The average Bonchev–Trinajstić information content (AvgIpc) is 3.11. The van der Waals surface area contributed by atoms with Gasteiger partial charge in [-0.3, -0.25) is 9.88 Å². The van der Waals surface area contributed by atoms with E-state index in [1.807, 2.05) is 36.7 Å². The summed E-state index contributed by atoms with van der Waals surface area (Å²) in [6, 6.07) is 9.91. The molecule has 0 unspecified atom stereocenters. The number of hydrogen-bond donors (Lipinski definition) is 1. The van der Waals surface area contributed by atoms with Crippen LogP contribution in [0.15, 0.2) is 55.1 Å². The molecular weight excluding hydrogens is 324 g/mol. The molecule has 0 aliphatic carbocycles. The normalized spacial score (nSPS) is 14.5. The van der Waals surface area contributed by atoms with E-state index in [0.29, 0.717) is 5.82 Å². The number of hydrogen-bond acceptors (Lipinski definition) is 5. The van der Waals surface area contributed by atoms with Gasteiger partial charge in [0.1, 0.15) is 11.3 Å². The molecule has 5 heterocycles. The van der Waals surface area contributed by atoms with Crippen molar-refractivity contribution in [3.05, 3.63) is 71.9 Å². The van der Waals surface area contributed by atoms with Crippen LogP contribution in [0.1, 0.15) is 16.8 Å². The third kappa shape index (κ3) is 2.74. The van der Waals surface area contributed by atoms with Crippen LogP contribution in [-0.4, -0.2) is 36.4 Å². The molecule has 1 aliphatic heterocycles. The van der Waals surface area contributed by atoms with Gasteiger partial charge in [0.15, 0.2) is 5.82 Å². The second kappa shape index (κ2) is 6.31. The van der Waals surface area contributed by atoms with Crippen LogP contribution in [0.5, 0.6) is 0 Å². The van der Waals surface area contributed by atoms with E-state index in [4.69, 9.17) is 4.98 Å². The number of pyridine rings is 2. The van der Waals surface area contributed by atoms with Gasteiger partial charge < -0.3 is 4.98 Å². The lowest BCUT2D eigenvalue weighted by atomic mass is 10.1. The molecule has 0 atom stereocenters. The highest BCUT2D eigenvalue weighted by Gasteiger charge is 2.20. The summed E-state index contributed by atoms with van der Waals surface area (Å²) in [7, 11) is 0. The molecule has 0 fully saturated rings. The van der Waals surface area contributed by atoms with E-state index >= 15 is 0 Å². The van der Waals surface area contributed by atoms with Crippen molar-refractivity contribution < 1.29 is 0 Å². The van der Waals surface area contributed by atoms with Gasteiger partial charge in [0.25, 0.3) is 0 Å². The van der Waals surface area contributed by atoms with Crippen LogP contribution in [-0.2, 0) is 19.5 Å². The molecule has 0 saturated carbocycles. The van der Waals surface area contributed by atoms with Gasteiger partial charge in [-0.1, -0.05) is 6.07 Å². The summed E-state index contributed by atoms with van der Waals surface area (Å²) >= 11 is 0. The topological polar surface area (TPSA) is 70.6 Å².